The quantitative estimate of drug-likeness (QED) is 0.249. The Morgan fingerprint density at radius 1 is 1.07 bits per heavy atom. The standard InChI is InChI=1S/C26H23ClFN5O.C5H11N.C2H3N/c1-3-22-30-21-14-18(19-8-4-6-17-7-5-9-20(27)23(17)19)15-29-24(21)25(31-22)32-10-12-33(13-11-32)26(34)16(2)28;1-6-4-2-3-5-6;1-2-3/h4-9,14-15H,2-3,10-13H2,1H3;2-5H2,1H3;1H3. The average molecular weight is 602 g/mol. The maximum absolute atomic E-state index is 13.3. The number of nitrogens with zero attached hydrogens (tertiary/aromatic N) is 7. The lowest BCUT2D eigenvalue weighted by molar-refractivity contribution is -0.128. The van der Waals surface area contributed by atoms with Crippen molar-refractivity contribution in [2.75, 3.05) is 51.2 Å². The van der Waals surface area contributed by atoms with Gasteiger partial charge >= 0.3 is 0 Å². The smallest absolute Gasteiger partial charge is 0.282 e. The van der Waals surface area contributed by atoms with Gasteiger partial charge in [0, 0.05) is 61.7 Å². The van der Waals surface area contributed by atoms with Gasteiger partial charge in [0.25, 0.3) is 5.91 Å². The molecule has 0 spiro atoms. The summed E-state index contributed by atoms with van der Waals surface area (Å²) in [6, 6.07) is 15.7. The fraction of sp³-hybridized carbons (Fsp3) is 0.364. The van der Waals surface area contributed by atoms with Gasteiger partial charge in [-0.2, -0.15) is 5.26 Å². The SMILES string of the molecule is C=C(F)C(=O)N1CCN(c2nc(CC)nc3cc(-c4cccc5cccc(Cl)c45)cnc23)CC1.CC#N.CN1CCCC1. The molecule has 0 saturated carbocycles. The first-order chi connectivity index (χ1) is 20.8. The van der Waals surface area contributed by atoms with Gasteiger partial charge in [0.1, 0.15) is 11.3 Å². The number of carbonyl (C=O) groups is 1. The zero-order valence-corrected chi connectivity index (χ0v) is 25.7. The molecule has 0 N–H and O–H groups in total. The molecule has 0 aliphatic carbocycles. The largest absolute Gasteiger partial charge is 0.351 e. The van der Waals surface area contributed by atoms with Gasteiger partial charge in [0.15, 0.2) is 11.6 Å². The lowest BCUT2D eigenvalue weighted by atomic mass is 9.99. The van der Waals surface area contributed by atoms with Crippen LogP contribution in [-0.2, 0) is 11.2 Å². The van der Waals surface area contributed by atoms with Crippen LogP contribution in [0.15, 0.2) is 61.1 Å². The van der Waals surface area contributed by atoms with Crippen molar-refractivity contribution in [2.45, 2.75) is 33.1 Å². The van der Waals surface area contributed by atoms with Crippen molar-refractivity contribution in [2.24, 2.45) is 0 Å². The van der Waals surface area contributed by atoms with Crippen LogP contribution in [0.5, 0.6) is 0 Å². The molecule has 0 unspecified atom stereocenters. The minimum atomic E-state index is -0.933. The van der Waals surface area contributed by atoms with Crippen molar-refractivity contribution < 1.29 is 9.18 Å². The van der Waals surface area contributed by atoms with Crippen molar-refractivity contribution >= 4 is 45.1 Å². The van der Waals surface area contributed by atoms with E-state index in [1.54, 1.807) is 6.07 Å². The molecule has 4 aromatic rings. The molecule has 2 fully saturated rings. The highest BCUT2D eigenvalue weighted by atomic mass is 35.5. The van der Waals surface area contributed by atoms with Gasteiger partial charge in [-0.3, -0.25) is 9.78 Å². The Labute approximate surface area is 257 Å². The number of pyridine rings is 1. The number of aryl methyl sites for hydroxylation is 1. The molecule has 10 heteroatoms. The van der Waals surface area contributed by atoms with Gasteiger partial charge in [-0.25, -0.2) is 14.4 Å². The van der Waals surface area contributed by atoms with E-state index in [0.29, 0.717) is 49.0 Å². The zero-order valence-electron chi connectivity index (χ0n) is 25.0. The molecule has 2 saturated heterocycles. The number of halogens is 2. The van der Waals surface area contributed by atoms with Gasteiger partial charge in [-0.05, 0) is 56.1 Å². The molecule has 2 aromatic heterocycles. The normalized spacial score (nSPS) is 14.9. The second-order valence-electron chi connectivity index (χ2n) is 10.5. The number of hydrogen-bond acceptors (Lipinski definition) is 7. The van der Waals surface area contributed by atoms with Crippen LogP contribution in [0.25, 0.3) is 32.9 Å². The molecule has 43 heavy (non-hydrogen) atoms. The summed E-state index contributed by atoms with van der Waals surface area (Å²) in [5.74, 6) is -0.140. The number of rotatable bonds is 4. The Bertz CT molecular complexity index is 1630. The van der Waals surface area contributed by atoms with Crippen LogP contribution in [0, 0.1) is 11.3 Å². The van der Waals surface area contributed by atoms with E-state index in [1.807, 2.05) is 55.6 Å². The minimum absolute atomic E-state index is 0.390. The molecule has 6 rings (SSSR count). The lowest BCUT2D eigenvalue weighted by Gasteiger charge is -2.35. The van der Waals surface area contributed by atoms with Crippen LogP contribution >= 0.6 is 11.6 Å². The van der Waals surface area contributed by atoms with Crippen LogP contribution in [0.4, 0.5) is 10.2 Å². The Hall–Kier alpha value is -4.13. The van der Waals surface area contributed by atoms with Crippen molar-refractivity contribution in [3.05, 3.63) is 71.9 Å². The van der Waals surface area contributed by atoms with E-state index in [4.69, 9.17) is 31.8 Å². The molecule has 2 aliphatic rings. The number of fused-ring (bicyclic) bond motifs is 2. The molecule has 8 nitrogen and oxygen atoms in total. The number of nitriles is 1. The molecule has 0 bridgehead atoms. The van der Waals surface area contributed by atoms with Crippen LogP contribution in [-0.4, -0.2) is 77.0 Å². The number of piperazine rings is 1. The summed E-state index contributed by atoms with van der Waals surface area (Å²) in [4.78, 5) is 32.1. The molecule has 224 valence electrons. The van der Waals surface area contributed by atoms with E-state index in [-0.39, 0.29) is 0 Å². The van der Waals surface area contributed by atoms with Gasteiger partial charge in [-0.15, -0.1) is 0 Å². The number of anilines is 1. The molecule has 0 atom stereocenters. The second kappa shape index (κ2) is 14.9. The van der Waals surface area contributed by atoms with Crippen LogP contribution in [0.1, 0.15) is 32.5 Å². The third-order valence-corrected chi connectivity index (χ3v) is 7.79. The van der Waals surface area contributed by atoms with Crippen molar-refractivity contribution in [1.29, 1.82) is 5.26 Å². The highest BCUT2D eigenvalue weighted by molar-refractivity contribution is 6.36. The van der Waals surface area contributed by atoms with Crippen LogP contribution in [0.2, 0.25) is 5.02 Å². The van der Waals surface area contributed by atoms with Crippen LogP contribution < -0.4 is 4.90 Å². The fourth-order valence-electron chi connectivity index (χ4n) is 5.28. The van der Waals surface area contributed by atoms with E-state index in [2.05, 4.69) is 23.4 Å². The summed E-state index contributed by atoms with van der Waals surface area (Å²) in [5.41, 5.74) is 3.37. The maximum Gasteiger partial charge on any atom is 0.282 e. The number of amides is 1. The predicted octanol–water partition coefficient (Wildman–Crippen LogP) is 6.43. The van der Waals surface area contributed by atoms with Crippen molar-refractivity contribution in [3.8, 4) is 17.2 Å². The van der Waals surface area contributed by atoms with Crippen molar-refractivity contribution in [3.63, 3.8) is 0 Å². The third kappa shape index (κ3) is 7.64. The number of carbonyl (C=O) groups excluding carboxylic acids is 1. The number of hydrogen-bond donors (Lipinski definition) is 0. The first-order valence-electron chi connectivity index (χ1n) is 14.5. The van der Waals surface area contributed by atoms with Gasteiger partial charge < -0.3 is 14.7 Å². The second-order valence-corrected chi connectivity index (χ2v) is 10.9. The molecule has 1 amide bonds. The van der Waals surface area contributed by atoms with Gasteiger partial charge in [0.2, 0.25) is 0 Å². The summed E-state index contributed by atoms with van der Waals surface area (Å²) >= 11 is 6.55. The van der Waals surface area contributed by atoms with E-state index in [1.165, 1.54) is 37.8 Å². The Balaban J connectivity index is 0.000000408. The highest BCUT2D eigenvalue weighted by Gasteiger charge is 2.25. The van der Waals surface area contributed by atoms with Crippen molar-refractivity contribution in [1.82, 2.24) is 24.8 Å². The topological polar surface area (TPSA) is 89.2 Å². The van der Waals surface area contributed by atoms with E-state index >= 15 is 0 Å². The Kier molecular flexibility index (Phi) is 11.0. The fourth-order valence-corrected chi connectivity index (χ4v) is 5.56. The summed E-state index contributed by atoms with van der Waals surface area (Å²) in [5, 5.41) is 10.0. The number of benzene rings is 2. The monoisotopic (exact) mass is 601 g/mol. The summed E-state index contributed by atoms with van der Waals surface area (Å²) in [6.45, 7) is 11.0. The van der Waals surface area contributed by atoms with Gasteiger partial charge in [-0.1, -0.05) is 55.4 Å². The molecular weight excluding hydrogens is 565 g/mol. The summed E-state index contributed by atoms with van der Waals surface area (Å²) in [6.07, 6.45) is 5.33. The summed E-state index contributed by atoms with van der Waals surface area (Å²) in [7, 11) is 2.17. The first kappa shape index (κ1) is 31.8. The zero-order chi connectivity index (χ0) is 30.9. The number of likely N-dealkylation sites (tertiary alicyclic amines) is 1. The number of aromatic nitrogens is 3. The summed E-state index contributed by atoms with van der Waals surface area (Å²) < 4.78 is 13.3. The van der Waals surface area contributed by atoms with E-state index < -0.39 is 11.7 Å². The van der Waals surface area contributed by atoms with Crippen LogP contribution in [0.3, 0.4) is 0 Å². The predicted molar refractivity (Wildman–Crippen MR) is 172 cm³/mol. The van der Waals surface area contributed by atoms with E-state index in [0.717, 1.165) is 33.2 Å². The molecule has 0 radical (unpaired) electrons. The van der Waals surface area contributed by atoms with Gasteiger partial charge in [0.05, 0.1) is 11.6 Å². The minimum Gasteiger partial charge on any atom is -0.351 e. The average Bonchev–Trinajstić information content (AvgIpc) is 3.51. The Morgan fingerprint density at radius 2 is 1.72 bits per heavy atom. The maximum atomic E-state index is 13.3. The molecular formula is C33H37ClFN7O. The third-order valence-electron chi connectivity index (χ3n) is 7.47. The highest BCUT2D eigenvalue weighted by Crippen LogP contribution is 2.35. The molecule has 2 aliphatic heterocycles. The first-order valence-corrected chi connectivity index (χ1v) is 14.9. The molecule has 4 heterocycles. The molecule has 2 aromatic carbocycles. The Morgan fingerprint density at radius 3 is 2.30 bits per heavy atom. The van der Waals surface area contributed by atoms with E-state index in [9.17, 15) is 9.18 Å². The lowest BCUT2D eigenvalue weighted by Crippen LogP contribution is -2.49.